The number of hydrogen-bond donors (Lipinski definition) is 0. The van der Waals surface area contributed by atoms with E-state index in [2.05, 4.69) is 22.4 Å². The minimum absolute atomic E-state index is 0.341. The van der Waals surface area contributed by atoms with Gasteiger partial charge in [0.05, 0.1) is 11.1 Å². The van der Waals surface area contributed by atoms with Crippen molar-refractivity contribution in [1.82, 2.24) is 4.90 Å². The number of rotatable bonds is 4. The smallest absolute Gasteiger partial charge is 0.344 e. The van der Waals surface area contributed by atoms with E-state index in [1.165, 1.54) is 4.88 Å². The summed E-state index contributed by atoms with van der Waals surface area (Å²) in [7, 11) is 0. The molecule has 0 bridgehead atoms. The molecule has 3 heterocycles. The Morgan fingerprint density at radius 2 is 1.97 bits per heavy atom. The van der Waals surface area contributed by atoms with Crippen LogP contribution < -0.4 is 10.4 Å². The first kappa shape index (κ1) is 19.4. The van der Waals surface area contributed by atoms with Crippen LogP contribution in [0.2, 0.25) is 5.02 Å². The lowest BCUT2D eigenvalue weighted by molar-refractivity contribution is 0.0970. The molecule has 4 aromatic rings. The van der Waals surface area contributed by atoms with Crippen molar-refractivity contribution in [3.05, 3.63) is 85.4 Å². The summed E-state index contributed by atoms with van der Waals surface area (Å²) < 4.78 is 11.8. The molecule has 6 heteroatoms. The van der Waals surface area contributed by atoms with Crippen molar-refractivity contribution in [2.45, 2.75) is 19.9 Å². The number of nitrogens with zero attached hydrogens (tertiary/aromatic N) is 1. The zero-order valence-corrected chi connectivity index (χ0v) is 18.1. The molecule has 2 aromatic carbocycles. The first-order chi connectivity index (χ1) is 14.6. The van der Waals surface area contributed by atoms with Gasteiger partial charge >= 0.3 is 5.63 Å². The van der Waals surface area contributed by atoms with Crippen molar-refractivity contribution >= 4 is 33.9 Å². The topological polar surface area (TPSA) is 42.7 Å². The van der Waals surface area contributed by atoms with Crippen LogP contribution in [0.4, 0.5) is 0 Å². The highest BCUT2D eigenvalue weighted by molar-refractivity contribution is 7.09. The van der Waals surface area contributed by atoms with Crippen molar-refractivity contribution < 1.29 is 9.15 Å². The number of halogens is 1. The maximum absolute atomic E-state index is 12.9. The summed E-state index contributed by atoms with van der Waals surface area (Å²) in [5.74, 6) is 0.789. The Kier molecular flexibility index (Phi) is 5.11. The van der Waals surface area contributed by atoms with Gasteiger partial charge in [-0.25, -0.2) is 4.79 Å². The second-order valence-corrected chi connectivity index (χ2v) is 8.94. The van der Waals surface area contributed by atoms with E-state index in [1.807, 2.05) is 31.2 Å². The van der Waals surface area contributed by atoms with Gasteiger partial charge < -0.3 is 9.15 Å². The van der Waals surface area contributed by atoms with E-state index in [-0.39, 0.29) is 5.63 Å². The van der Waals surface area contributed by atoms with E-state index in [0.717, 1.165) is 40.8 Å². The van der Waals surface area contributed by atoms with E-state index in [0.29, 0.717) is 29.4 Å². The molecule has 0 atom stereocenters. The molecule has 0 saturated carbocycles. The molecule has 2 aromatic heterocycles. The second kappa shape index (κ2) is 7.91. The lowest BCUT2D eigenvalue weighted by Gasteiger charge is -2.29. The quantitative estimate of drug-likeness (QED) is 0.374. The van der Waals surface area contributed by atoms with Gasteiger partial charge in [-0.2, -0.15) is 0 Å². The number of benzene rings is 2. The highest BCUT2D eigenvalue weighted by atomic mass is 35.5. The van der Waals surface area contributed by atoms with Crippen molar-refractivity contribution in [3.63, 3.8) is 0 Å². The van der Waals surface area contributed by atoms with Crippen LogP contribution in [-0.4, -0.2) is 18.2 Å². The molecule has 0 fully saturated rings. The van der Waals surface area contributed by atoms with Crippen molar-refractivity contribution in [1.29, 1.82) is 0 Å². The number of thiophene rings is 1. The number of fused-ring (bicyclic) bond motifs is 3. The SMILES string of the molecule is Cc1c(-c2ccc(Cl)cc2)c(=O)oc2c3c(ccc12)OCN(CCc1cccs1)C3. The molecular weight excluding hydrogens is 418 g/mol. The molecule has 0 aliphatic carbocycles. The predicted molar refractivity (Wildman–Crippen MR) is 122 cm³/mol. The highest BCUT2D eigenvalue weighted by Crippen LogP contribution is 2.35. The van der Waals surface area contributed by atoms with Gasteiger partial charge in [0.1, 0.15) is 18.1 Å². The van der Waals surface area contributed by atoms with Crippen LogP contribution in [0.3, 0.4) is 0 Å². The zero-order valence-electron chi connectivity index (χ0n) is 16.5. The van der Waals surface area contributed by atoms with Gasteiger partial charge in [-0.3, -0.25) is 4.90 Å². The van der Waals surface area contributed by atoms with Crippen LogP contribution in [0.15, 0.2) is 63.1 Å². The van der Waals surface area contributed by atoms with Gasteiger partial charge in [0, 0.05) is 28.4 Å². The maximum atomic E-state index is 12.9. The van der Waals surface area contributed by atoms with Gasteiger partial charge in [0.15, 0.2) is 0 Å². The Morgan fingerprint density at radius 3 is 2.73 bits per heavy atom. The molecule has 0 spiro atoms. The van der Waals surface area contributed by atoms with E-state index in [1.54, 1.807) is 23.5 Å². The fourth-order valence-electron chi connectivity index (χ4n) is 3.99. The third-order valence-electron chi connectivity index (χ3n) is 5.57. The molecular formula is C24H20ClNO3S. The number of ether oxygens (including phenoxy) is 1. The van der Waals surface area contributed by atoms with Gasteiger partial charge in [-0.15, -0.1) is 11.3 Å². The third-order valence-corrected chi connectivity index (χ3v) is 6.76. The molecule has 0 unspecified atom stereocenters. The minimum Gasteiger partial charge on any atom is -0.478 e. The summed E-state index contributed by atoms with van der Waals surface area (Å²) in [6.45, 7) is 4.09. The summed E-state index contributed by atoms with van der Waals surface area (Å²) >= 11 is 7.77. The van der Waals surface area contributed by atoms with Crippen LogP contribution in [0.5, 0.6) is 5.75 Å². The Hall–Kier alpha value is -2.60. The fourth-order valence-corrected chi connectivity index (χ4v) is 4.81. The molecule has 0 radical (unpaired) electrons. The molecule has 152 valence electrons. The Labute approximate surface area is 183 Å². The van der Waals surface area contributed by atoms with E-state index in [9.17, 15) is 4.79 Å². The van der Waals surface area contributed by atoms with Crippen LogP contribution in [0.25, 0.3) is 22.1 Å². The first-order valence-electron chi connectivity index (χ1n) is 9.83. The van der Waals surface area contributed by atoms with Crippen molar-refractivity contribution in [2.24, 2.45) is 0 Å². The molecule has 0 N–H and O–H groups in total. The molecule has 0 amide bonds. The Balaban J connectivity index is 1.53. The minimum atomic E-state index is -0.341. The Bertz CT molecular complexity index is 1260. The largest absolute Gasteiger partial charge is 0.478 e. The van der Waals surface area contributed by atoms with Crippen molar-refractivity contribution in [3.8, 4) is 16.9 Å². The number of hydrogen-bond acceptors (Lipinski definition) is 5. The second-order valence-electron chi connectivity index (χ2n) is 7.47. The van der Waals surface area contributed by atoms with E-state index in [4.69, 9.17) is 20.8 Å². The third kappa shape index (κ3) is 3.54. The fraction of sp³-hybridized carbons (Fsp3) is 0.208. The maximum Gasteiger partial charge on any atom is 0.344 e. The average molecular weight is 438 g/mol. The molecule has 1 aliphatic rings. The lowest BCUT2D eigenvalue weighted by Crippen LogP contribution is -2.33. The Morgan fingerprint density at radius 1 is 1.13 bits per heavy atom. The number of aryl methyl sites for hydroxylation is 1. The first-order valence-corrected chi connectivity index (χ1v) is 11.1. The van der Waals surface area contributed by atoms with Crippen LogP contribution >= 0.6 is 22.9 Å². The highest BCUT2D eigenvalue weighted by Gasteiger charge is 2.23. The molecule has 30 heavy (non-hydrogen) atoms. The van der Waals surface area contributed by atoms with E-state index >= 15 is 0 Å². The van der Waals surface area contributed by atoms with Crippen molar-refractivity contribution in [2.75, 3.05) is 13.3 Å². The van der Waals surface area contributed by atoms with Gasteiger partial charge in [0.2, 0.25) is 0 Å². The van der Waals surface area contributed by atoms with E-state index < -0.39 is 0 Å². The zero-order chi connectivity index (χ0) is 20.7. The molecule has 1 aliphatic heterocycles. The summed E-state index contributed by atoms with van der Waals surface area (Å²) in [6.07, 6.45) is 0.977. The summed E-state index contributed by atoms with van der Waals surface area (Å²) in [5.41, 5.74) is 3.50. The molecule has 0 saturated heterocycles. The van der Waals surface area contributed by atoms with Crippen LogP contribution in [-0.2, 0) is 13.0 Å². The molecule has 4 nitrogen and oxygen atoms in total. The van der Waals surface area contributed by atoms with Gasteiger partial charge in [-0.1, -0.05) is 29.8 Å². The monoisotopic (exact) mass is 437 g/mol. The standard InChI is InChI=1S/C24H20ClNO3S/c1-15-19-8-9-21-20(13-26(14-28-21)11-10-18-3-2-12-30-18)23(19)29-24(27)22(15)16-4-6-17(25)7-5-16/h2-9,12H,10-11,13-14H2,1H3. The summed E-state index contributed by atoms with van der Waals surface area (Å²) in [6, 6.07) is 15.4. The van der Waals surface area contributed by atoms with Gasteiger partial charge in [-0.05, 0) is 60.2 Å². The van der Waals surface area contributed by atoms with Crippen LogP contribution in [0.1, 0.15) is 16.0 Å². The normalized spacial score (nSPS) is 13.9. The lowest BCUT2D eigenvalue weighted by atomic mass is 9.97. The summed E-state index contributed by atoms with van der Waals surface area (Å²) in [4.78, 5) is 16.5. The average Bonchev–Trinajstić information content (AvgIpc) is 3.27. The van der Waals surface area contributed by atoms with Gasteiger partial charge in [0.25, 0.3) is 0 Å². The predicted octanol–water partition coefficient (Wildman–Crippen LogP) is 5.88. The van der Waals surface area contributed by atoms with Crippen LogP contribution in [0, 0.1) is 6.92 Å². The summed E-state index contributed by atoms with van der Waals surface area (Å²) in [5, 5.41) is 3.66. The molecule has 5 rings (SSSR count).